The van der Waals surface area contributed by atoms with Gasteiger partial charge in [-0.2, -0.15) is 0 Å². The molecular formula is C19H18N2O4. The lowest BCUT2D eigenvalue weighted by Crippen LogP contribution is -2.28. The fourth-order valence-corrected chi connectivity index (χ4v) is 3.38. The minimum Gasteiger partial charge on any atom is -0.454 e. The summed E-state index contributed by atoms with van der Waals surface area (Å²) in [5.41, 5.74) is 2.61. The Morgan fingerprint density at radius 1 is 1.16 bits per heavy atom. The van der Waals surface area contributed by atoms with Gasteiger partial charge in [-0.25, -0.2) is 0 Å². The molecule has 2 amide bonds. The topological polar surface area (TPSA) is 67.9 Å². The number of nitrogens with one attached hydrogen (secondary N) is 1. The number of amides is 2. The first kappa shape index (κ1) is 15.5. The third-order valence-electron chi connectivity index (χ3n) is 4.54. The van der Waals surface area contributed by atoms with Crippen molar-refractivity contribution in [2.24, 2.45) is 0 Å². The molecule has 0 aromatic heterocycles. The third kappa shape index (κ3) is 2.91. The van der Waals surface area contributed by atoms with Crippen LogP contribution in [0.3, 0.4) is 0 Å². The molecule has 0 bridgehead atoms. The van der Waals surface area contributed by atoms with Crippen LogP contribution in [0, 0.1) is 0 Å². The normalized spacial score (nSPS) is 17.3. The SMILES string of the molecule is CC(=O)N1CC(CC(=O)Nc2ccc3c(c2)OCO3)c2ccccc21. The predicted molar refractivity (Wildman–Crippen MR) is 93.0 cm³/mol. The van der Waals surface area contributed by atoms with Gasteiger partial charge in [-0.15, -0.1) is 0 Å². The average Bonchev–Trinajstić information content (AvgIpc) is 3.19. The van der Waals surface area contributed by atoms with Crippen LogP contribution >= 0.6 is 0 Å². The minimum absolute atomic E-state index is 0.00545. The maximum Gasteiger partial charge on any atom is 0.231 e. The van der Waals surface area contributed by atoms with Gasteiger partial charge in [-0.1, -0.05) is 18.2 Å². The van der Waals surface area contributed by atoms with Gasteiger partial charge < -0.3 is 19.7 Å². The van der Waals surface area contributed by atoms with Crippen molar-refractivity contribution in [2.75, 3.05) is 23.6 Å². The van der Waals surface area contributed by atoms with Crippen LogP contribution in [-0.4, -0.2) is 25.2 Å². The highest BCUT2D eigenvalue weighted by molar-refractivity contribution is 5.96. The van der Waals surface area contributed by atoms with Gasteiger partial charge in [0.2, 0.25) is 18.6 Å². The number of fused-ring (bicyclic) bond motifs is 2. The van der Waals surface area contributed by atoms with E-state index in [2.05, 4.69) is 5.32 Å². The van der Waals surface area contributed by atoms with Gasteiger partial charge in [0.25, 0.3) is 0 Å². The van der Waals surface area contributed by atoms with Gasteiger partial charge in [0, 0.05) is 43.2 Å². The highest BCUT2D eigenvalue weighted by atomic mass is 16.7. The molecule has 2 heterocycles. The van der Waals surface area contributed by atoms with Gasteiger partial charge in [-0.05, 0) is 23.8 Å². The first-order valence-corrected chi connectivity index (χ1v) is 8.18. The summed E-state index contributed by atoms with van der Waals surface area (Å²) in [5.74, 6) is 1.20. The molecule has 0 aliphatic carbocycles. The molecule has 0 fully saturated rings. The number of anilines is 2. The van der Waals surface area contributed by atoms with Gasteiger partial charge in [0.05, 0.1) is 0 Å². The van der Waals surface area contributed by atoms with Gasteiger partial charge in [-0.3, -0.25) is 9.59 Å². The number of hydrogen-bond donors (Lipinski definition) is 1. The molecule has 0 spiro atoms. The number of carbonyl (C=O) groups excluding carboxylic acids is 2. The largest absolute Gasteiger partial charge is 0.454 e. The highest BCUT2D eigenvalue weighted by Gasteiger charge is 2.31. The van der Waals surface area contributed by atoms with Crippen molar-refractivity contribution >= 4 is 23.2 Å². The molecule has 2 aromatic carbocycles. The summed E-state index contributed by atoms with van der Waals surface area (Å²) in [6.45, 7) is 2.28. The Morgan fingerprint density at radius 3 is 2.80 bits per heavy atom. The van der Waals surface area contributed by atoms with Crippen LogP contribution in [0.15, 0.2) is 42.5 Å². The number of hydrogen-bond acceptors (Lipinski definition) is 4. The Kier molecular flexibility index (Phi) is 3.80. The van der Waals surface area contributed by atoms with Crippen molar-refractivity contribution in [3.8, 4) is 11.5 Å². The number of carbonyl (C=O) groups is 2. The quantitative estimate of drug-likeness (QED) is 0.934. The molecule has 2 aliphatic rings. The summed E-state index contributed by atoms with van der Waals surface area (Å²) in [6.07, 6.45) is 0.315. The Bertz CT molecular complexity index is 849. The minimum atomic E-state index is -0.0935. The molecular weight excluding hydrogens is 320 g/mol. The van der Waals surface area contributed by atoms with Gasteiger partial charge in [0.1, 0.15) is 0 Å². The fraction of sp³-hybridized carbons (Fsp3) is 0.263. The molecule has 128 valence electrons. The Hall–Kier alpha value is -3.02. The smallest absolute Gasteiger partial charge is 0.231 e. The van der Waals surface area contributed by atoms with E-state index in [1.165, 1.54) is 0 Å². The van der Waals surface area contributed by atoms with E-state index in [1.54, 1.807) is 30.0 Å². The molecule has 2 aliphatic heterocycles. The highest BCUT2D eigenvalue weighted by Crippen LogP contribution is 2.38. The zero-order valence-corrected chi connectivity index (χ0v) is 13.8. The van der Waals surface area contributed by atoms with E-state index in [9.17, 15) is 9.59 Å². The Morgan fingerprint density at radius 2 is 1.96 bits per heavy atom. The maximum atomic E-state index is 12.5. The van der Waals surface area contributed by atoms with E-state index < -0.39 is 0 Å². The molecule has 0 saturated carbocycles. The van der Waals surface area contributed by atoms with Crippen LogP contribution in [0.5, 0.6) is 11.5 Å². The lowest BCUT2D eigenvalue weighted by Gasteiger charge is -2.15. The predicted octanol–water partition coefficient (Wildman–Crippen LogP) is 2.89. The molecule has 6 nitrogen and oxygen atoms in total. The van der Waals surface area contributed by atoms with E-state index in [-0.39, 0.29) is 24.5 Å². The summed E-state index contributed by atoms with van der Waals surface area (Å²) < 4.78 is 10.6. The van der Waals surface area contributed by atoms with Crippen molar-refractivity contribution in [3.63, 3.8) is 0 Å². The van der Waals surface area contributed by atoms with Crippen LogP contribution in [0.25, 0.3) is 0 Å². The van der Waals surface area contributed by atoms with Crippen molar-refractivity contribution in [1.82, 2.24) is 0 Å². The van der Waals surface area contributed by atoms with Crippen LogP contribution in [0.4, 0.5) is 11.4 Å². The molecule has 1 N–H and O–H groups in total. The number of benzene rings is 2. The van der Waals surface area contributed by atoms with Crippen LogP contribution in [0.1, 0.15) is 24.8 Å². The average molecular weight is 338 g/mol. The van der Waals surface area contributed by atoms with Crippen LogP contribution in [0.2, 0.25) is 0 Å². The molecule has 6 heteroatoms. The summed E-state index contributed by atoms with van der Waals surface area (Å²) in [7, 11) is 0. The first-order chi connectivity index (χ1) is 12.1. The lowest BCUT2D eigenvalue weighted by atomic mass is 9.97. The Labute approximate surface area is 145 Å². The zero-order chi connectivity index (χ0) is 17.4. The van der Waals surface area contributed by atoms with Crippen LogP contribution in [-0.2, 0) is 9.59 Å². The van der Waals surface area contributed by atoms with Crippen molar-refractivity contribution < 1.29 is 19.1 Å². The lowest BCUT2D eigenvalue weighted by molar-refractivity contribution is -0.118. The second kappa shape index (κ2) is 6.12. The molecule has 0 radical (unpaired) electrons. The molecule has 25 heavy (non-hydrogen) atoms. The molecule has 1 unspecified atom stereocenters. The van der Waals surface area contributed by atoms with Crippen molar-refractivity contribution in [1.29, 1.82) is 0 Å². The zero-order valence-electron chi connectivity index (χ0n) is 13.8. The van der Waals surface area contributed by atoms with Crippen molar-refractivity contribution in [3.05, 3.63) is 48.0 Å². The van der Waals surface area contributed by atoms with E-state index in [1.807, 2.05) is 24.3 Å². The number of rotatable bonds is 3. The summed E-state index contributed by atoms with van der Waals surface area (Å²) in [5, 5.41) is 2.90. The standard InChI is InChI=1S/C19H18N2O4/c1-12(22)21-10-13(15-4-2-3-5-16(15)21)8-19(23)20-14-6-7-17-18(9-14)25-11-24-17/h2-7,9,13H,8,10-11H2,1H3,(H,20,23). The van der Waals surface area contributed by atoms with E-state index in [0.717, 1.165) is 11.3 Å². The number of ether oxygens (including phenoxy) is 2. The fourth-order valence-electron chi connectivity index (χ4n) is 3.38. The monoisotopic (exact) mass is 338 g/mol. The summed E-state index contributed by atoms with van der Waals surface area (Å²) in [6, 6.07) is 13.1. The molecule has 2 aromatic rings. The van der Waals surface area contributed by atoms with E-state index in [4.69, 9.17) is 9.47 Å². The summed E-state index contributed by atoms with van der Waals surface area (Å²) >= 11 is 0. The Balaban J connectivity index is 1.47. The maximum absolute atomic E-state index is 12.5. The number of nitrogens with zero attached hydrogens (tertiary/aromatic N) is 1. The van der Waals surface area contributed by atoms with E-state index >= 15 is 0 Å². The second-order valence-corrected chi connectivity index (χ2v) is 6.21. The first-order valence-electron chi connectivity index (χ1n) is 8.18. The third-order valence-corrected chi connectivity index (χ3v) is 4.54. The van der Waals surface area contributed by atoms with Crippen LogP contribution < -0.4 is 19.7 Å². The molecule has 4 rings (SSSR count). The summed E-state index contributed by atoms with van der Waals surface area (Å²) in [4.78, 5) is 26.0. The van der Waals surface area contributed by atoms with Crippen molar-refractivity contribution in [2.45, 2.75) is 19.3 Å². The molecule has 1 atom stereocenters. The van der Waals surface area contributed by atoms with Gasteiger partial charge >= 0.3 is 0 Å². The molecule has 0 saturated heterocycles. The second-order valence-electron chi connectivity index (χ2n) is 6.21. The number of para-hydroxylation sites is 1. The van der Waals surface area contributed by atoms with Gasteiger partial charge in [0.15, 0.2) is 11.5 Å². The van der Waals surface area contributed by atoms with E-state index in [0.29, 0.717) is 30.2 Å².